The topological polar surface area (TPSA) is 58.4 Å². The monoisotopic (exact) mass is 293 g/mol. The average Bonchev–Trinajstić information content (AvgIpc) is 3.24. The molecule has 1 heterocycles. The minimum Gasteiger partial charge on any atom is -0.368 e. The lowest BCUT2D eigenvalue weighted by Crippen LogP contribution is -2.66. The minimum absolute atomic E-state index is 0.130. The lowest BCUT2D eigenvalue weighted by molar-refractivity contribution is -0.127. The van der Waals surface area contributed by atoms with Crippen molar-refractivity contribution in [2.24, 2.45) is 23.5 Å². The molecule has 0 aromatic heterocycles. The molecule has 1 saturated heterocycles. The first-order chi connectivity index (χ1) is 9.92. The van der Waals surface area contributed by atoms with Crippen LogP contribution < -0.4 is 11.1 Å². The van der Waals surface area contributed by atoms with Gasteiger partial charge in [-0.25, -0.2) is 0 Å². The summed E-state index contributed by atoms with van der Waals surface area (Å²) in [4.78, 5) is 14.9. The fourth-order valence-electron chi connectivity index (χ4n) is 4.17. The molecule has 0 radical (unpaired) electrons. The van der Waals surface area contributed by atoms with Crippen molar-refractivity contribution < 1.29 is 4.79 Å². The smallest absolute Gasteiger partial charge is 0.239 e. The number of hydrogen-bond acceptors (Lipinski definition) is 3. The second kappa shape index (κ2) is 5.54. The number of piperidine rings is 1. The molecule has 21 heavy (non-hydrogen) atoms. The zero-order chi connectivity index (χ0) is 15.2. The summed E-state index contributed by atoms with van der Waals surface area (Å²) >= 11 is 0. The van der Waals surface area contributed by atoms with E-state index in [0.29, 0.717) is 29.8 Å². The molecule has 2 saturated carbocycles. The molecule has 2 aliphatic carbocycles. The summed E-state index contributed by atoms with van der Waals surface area (Å²) in [6.07, 6.45) is 5.99. The molecule has 0 aromatic rings. The minimum atomic E-state index is -0.480. The number of carbonyl (C=O) groups is 1. The van der Waals surface area contributed by atoms with Crippen LogP contribution >= 0.6 is 0 Å². The molecule has 4 nitrogen and oxygen atoms in total. The van der Waals surface area contributed by atoms with Gasteiger partial charge in [0.15, 0.2) is 0 Å². The predicted molar refractivity (Wildman–Crippen MR) is 84.8 cm³/mol. The van der Waals surface area contributed by atoms with E-state index in [1.165, 1.54) is 19.3 Å². The van der Waals surface area contributed by atoms with Crippen LogP contribution in [0.2, 0.25) is 0 Å². The Bertz CT molecular complexity index is 405. The van der Waals surface area contributed by atoms with Gasteiger partial charge in [0.2, 0.25) is 5.91 Å². The predicted octanol–water partition coefficient (Wildman–Crippen LogP) is 1.74. The summed E-state index contributed by atoms with van der Waals surface area (Å²) in [5, 5.41) is 3.65. The third kappa shape index (κ3) is 3.11. The highest BCUT2D eigenvalue weighted by Gasteiger charge is 2.53. The highest BCUT2D eigenvalue weighted by Crippen LogP contribution is 2.43. The van der Waals surface area contributed by atoms with Crippen molar-refractivity contribution in [2.45, 2.75) is 70.5 Å². The number of primary amides is 1. The van der Waals surface area contributed by atoms with Crippen LogP contribution in [0.5, 0.6) is 0 Å². The van der Waals surface area contributed by atoms with E-state index in [0.717, 1.165) is 25.9 Å². The van der Waals surface area contributed by atoms with Crippen molar-refractivity contribution in [3.05, 3.63) is 0 Å². The molecule has 0 aromatic carbocycles. The number of carbonyl (C=O) groups excluding carboxylic acids is 1. The van der Waals surface area contributed by atoms with Gasteiger partial charge in [0.05, 0.1) is 0 Å². The molecular weight excluding hydrogens is 262 g/mol. The summed E-state index contributed by atoms with van der Waals surface area (Å²) in [5.74, 6) is 1.73. The number of likely N-dealkylation sites (tertiary alicyclic amines) is 1. The van der Waals surface area contributed by atoms with Crippen molar-refractivity contribution in [1.29, 1.82) is 0 Å². The zero-order valence-corrected chi connectivity index (χ0v) is 13.8. The van der Waals surface area contributed by atoms with E-state index < -0.39 is 5.54 Å². The van der Waals surface area contributed by atoms with Crippen molar-refractivity contribution in [2.75, 3.05) is 13.1 Å². The first kappa shape index (κ1) is 15.3. The van der Waals surface area contributed by atoms with Gasteiger partial charge < -0.3 is 5.73 Å². The third-order valence-electron chi connectivity index (χ3n) is 5.93. The molecule has 0 spiro atoms. The summed E-state index contributed by atoms with van der Waals surface area (Å²) < 4.78 is 0. The van der Waals surface area contributed by atoms with Crippen molar-refractivity contribution in [1.82, 2.24) is 10.2 Å². The highest BCUT2D eigenvalue weighted by molar-refractivity contribution is 5.86. The Labute approximate surface area is 128 Å². The fourth-order valence-corrected chi connectivity index (χ4v) is 4.17. The van der Waals surface area contributed by atoms with Crippen LogP contribution in [0.15, 0.2) is 0 Å². The Hall–Kier alpha value is -0.610. The summed E-state index contributed by atoms with van der Waals surface area (Å²) in [5.41, 5.74) is 5.41. The molecule has 120 valence electrons. The standard InChI is InChI=1S/C17H31N3O/c1-11-8-12(2)13(3)20(9-11)10-17(16(18)21,14-4-5-14)19-15-6-7-15/h11-15,19H,4-10H2,1-3H3,(H2,18,21). The molecule has 3 N–H and O–H groups in total. The van der Waals surface area contributed by atoms with Gasteiger partial charge >= 0.3 is 0 Å². The van der Waals surface area contributed by atoms with Crippen LogP contribution in [0.1, 0.15) is 52.9 Å². The molecular formula is C17H31N3O. The number of amides is 1. The normalized spacial score (nSPS) is 37.2. The molecule has 4 unspecified atom stereocenters. The maximum atomic E-state index is 12.3. The lowest BCUT2D eigenvalue weighted by atomic mass is 9.83. The van der Waals surface area contributed by atoms with Crippen LogP contribution in [0.4, 0.5) is 0 Å². The Kier molecular flexibility index (Phi) is 4.04. The van der Waals surface area contributed by atoms with Gasteiger partial charge in [-0.15, -0.1) is 0 Å². The van der Waals surface area contributed by atoms with Gasteiger partial charge in [0.25, 0.3) is 0 Å². The Morgan fingerprint density at radius 1 is 1.24 bits per heavy atom. The Balaban J connectivity index is 1.77. The molecule has 4 heteroatoms. The number of rotatable bonds is 6. The van der Waals surface area contributed by atoms with Crippen LogP contribution in [0, 0.1) is 17.8 Å². The fraction of sp³-hybridized carbons (Fsp3) is 0.941. The van der Waals surface area contributed by atoms with Crippen molar-refractivity contribution in [3.63, 3.8) is 0 Å². The largest absolute Gasteiger partial charge is 0.368 e. The first-order valence-electron chi connectivity index (χ1n) is 8.74. The van der Waals surface area contributed by atoms with Crippen LogP contribution in [-0.2, 0) is 4.79 Å². The second-order valence-corrected chi connectivity index (χ2v) is 8.02. The number of nitrogens with zero attached hydrogens (tertiary/aromatic N) is 1. The molecule has 3 fully saturated rings. The van der Waals surface area contributed by atoms with Crippen molar-refractivity contribution >= 4 is 5.91 Å². The van der Waals surface area contributed by atoms with E-state index >= 15 is 0 Å². The third-order valence-corrected chi connectivity index (χ3v) is 5.93. The molecule has 3 rings (SSSR count). The van der Waals surface area contributed by atoms with Gasteiger partial charge in [0.1, 0.15) is 5.54 Å². The number of nitrogens with one attached hydrogen (secondary N) is 1. The summed E-state index contributed by atoms with van der Waals surface area (Å²) in [6.45, 7) is 8.88. The number of hydrogen-bond donors (Lipinski definition) is 2. The van der Waals surface area contributed by atoms with E-state index in [2.05, 4.69) is 31.0 Å². The second-order valence-electron chi connectivity index (χ2n) is 8.02. The van der Waals surface area contributed by atoms with Gasteiger partial charge in [-0.2, -0.15) is 0 Å². The first-order valence-corrected chi connectivity index (χ1v) is 8.74. The zero-order valence-electron chi connectivity index (χ0n) is 13.8. The van der Waals surface area contributed by atoms with Crippen LogP contribution in [0.3, 0.4) is 0 Å². The maximum Gasteiger partial charge on any atom is 0.239 e. The molecule has 0 bridgehead atoms. The van der Waals surface area contributed by atoms with Gasteiger partial charge in [-0.3, -0.25) is 15.0 Å². The molecule has 4 atom stereocenters. The van der Waals surface area contributed by atoms with E-state index in [1.54, 1.807) is 0 Å². The van der Waals surface area contributed by atoms with Crippen LogP contribution in [0.25, 0.3) is 0 Å². The summed E-state index contributed by atoms with van der Waals surface area (Å²) in [7, 11) is 0. The Morgan fingerprint density at radius 3 is 2.43 bits per heavy atom. The van der Waals surface area contributed by atoms with E-state index in [9.17, 15) is 4.79 Å². The van der Waals surface area contributed by atoms with Gasteiger partial charge in [-0.1, -0.05) is 13.8 Å². The van der Waals surface area contributed by atoms with Gasteiger partial charge in [0, 0.05) is 25.2 Å². The molecule has 3 aliphatic rings. The number of nitrogens with two attached hydrogens (primary N) is 1. The van der Waals surface area contributed by atoms with Crippen LogP contribution in [-0.4, -0.2) is 41.5 Å². The summed E-state index contributed by atoms with van der Waals surface area (Å²) in [6, 6.07) is 1.06. The van der Waals surface area contributed by atoms with Crippen molar-refractivity contribution in [3.8, 4) is 0 Å². The average molecular weight is 293 g/mol. The van der Waals surface area contributed by atoms with E-state index in [4.69, 9.17) is 5.73 Å². The Morgan fingerprint density at radius 2 is 1.90 bits per heavy atom. The van der Waals surface area contributed by atoms with Gasteiger partial charge in [-0.05, 0) is 56.8 Å². The SMILES string of the molecule is CC1CC(C)C(C)N(CC(NC2CC2)(C(N)=O)C2CC2)C1. The molecule has 1 aliphatic heterocycles. The van der Waals surface area contributed by atoms with E-state index in [1.807, 2.05) is 0 Å². The van der Waals surface area contributed by atoms with E-state index in [-0.39, 0.29) is 5.91 Å². The molecule has 1 amide bonds. The quantitative estimate of drug-likeness (QED) is 0.784. The highest BCUT2D eigenvalue weighted by atomic mass is 16.1. The maximum absolute atomic E-state index is 12.3. The lowest BCUT2D eigenvalue weighted by Gasteiger charge is -2.46.